The van der Waals surface area contributed by atoms with Gasteiger partial charge < -0.3 is 14.7 Å². The van der Waals surface area contributed by atoms with Gasteiger partial charge in [-0.3, -0.25) is 4.90 Å². The Morgan fingerprint density at radius 2 is 1.78 bits per heavy atom. The Labute approximate surface area is 137 Å². The van der Waals surface area contributed by atoms with Crippen molar-refractivity contribution in [2.75, 3.05) is 39.3 Å². The van der Waals surface area contributed by atoms with Crippen molar-refractivity contribution in [2.24, 2.45) is 0 Å². The molecule has 0 unspecified atom stereocenters. The molecule has 2 aliphatic heterocycles. The summed E-state index contributed by atoms with van der Waals surface area (Å²) in [5.41, 5.74) is 2.47. The minimum atomic E-state index is -0.823. The molecule has 0 radical (unpaired) electrons. The third kappa shape index (κ3) is 4.38. The van der Waals surface area contributed by atoms with Gasteiger partial charge in [0.05, 0.1) is 0 Å². The molecular formula is C18H26N2O3. The van der Waals surface area contributed by atoms with Crippen molar-refractivity contribution < 1.29 is 14.6 Å². The normalized spacial score (nSPS) is 19.0. The molecule has 1 fully saturated rings. The van der Waals surface area contributed by atoms with Crippen LogP contribution in [-0.2, 0) is 12.8 Å². The highest BCUT2D eigenvalue weighted by Crippen LogP contribution is 2.22. The fraction of sp³-hybridized carbons (Fsp3) is 0.611. The smallest absolute Gasteiger partial charge is 0.407 e. The van der Waals surface area contributed by atoms with Gasteiger partial charge in [0.15, 0.2) is 0 Å². The van der Waals surface area contributed by atoms with E-state index in [9.17, 15) is 4.79 Å². The Morgan fingerprint density at radius 3 is 2.52 bits per heavy atom. The second-order valence-electron chi connectivity index (χ2n) is 6.45. The molecule has 0 aromatic heterocycles. The van der Waals surface area contributed by atoms with Crippen LogP contribution in [0.15, 0.2) is 18.2 Å². The molecule has 23 heavy (non-hydrogen) atoms. The molecule has 0 bridgehead atoms. The molecule has 5 heteroatoms. The maximum Gasteiger partial charge on any atom is 0.407 e. The summed E-state index contributed by atoms with van der Waals surface area (Å²) in [6, 6.07) is 6.21. The van der Waals surface area contributed by atoms with Crippen molar-refractivity contribution in [3.8, 4) is 5.75 Å². The summed E-state index contributed by atoms with van der Waals surface area (Å²) in [5.74, 6) is 0.907. The van der Waals surface area contributed by atoms with Crippen LogP contribution in [0.1, 0.15) is 30.4 Å². The van der Waals surface area contributed by atoms with Gasteiger partial charge in [-0.05, 0) is 62.0 Å². The molecule has 2 aliphatic rings. The maximum atomic E-state index is 11.1. The van der Waals surface area contributed by atoms with Crippen LogP contribution in [0, 0.1) is 0 Å². The van der Waals surface area contributed by atoms with E-state index >= 15 is 0 Å². The molecule has 1 amide bonds. The van der Waals surface area contributed by atoms with E-state index in [1.165, 1.54) is 48.4 Å². The fourth-order valence-electron chi connectivity index (χ4n) is 3.46. The largest absolute Gasteiger partial charge is 0.492 e. The molecule has 0 atom stereocenters. The average molecular weight is 318 g/mol. The topological polar surface area (TPSA) is 53.0 Å². The van der Waals surface area contributed by atoms with Gasteiger partial charge in [0, 0.05) is 19.6 Å². The Kier molecular flexibility index (Phi) is 5.39. The molecule has 1 aromatic carbocycles. The Hall–Kier alpha value is -1.75. The van der Waals surface area contributed by atoms with Gasteiger partial charge in [-0.25, -0.2) is 4.79 Å². The van der Waals surface area contributed by atoms with Crippen LogP contribution in [0.2, 0.25) is 0 Å². The van der Waals surface area contributed by atoms with Crippen molar-refractivity contribution in [3.63, 3.8) is 0 Å². The zero-order chi connectivity index (χ0) is 16.1. The predicted octanol–water partition coefficient (Wildman–Crippen LogP) is 2.63. The minimum absolute atomic E-state index is 0.569. The number of carboxylic acid groups (broad SMARTS) is 1. The molecule has 3 rings (SSSR count). The van der Waals surface area contributed by atoms with Crippen molar-refractivity contribution >= 4 is 6.09 Å². The Bertz CT molecular complexity index is 541. The number of rotatable bonds is 4. The van der Waals surface area contributed by atoms with Crippen molar-refractivity contribution in [2.45, 2.75) is 32.1 Å². The number of benzene rings is 1. The van der Waals surface area contributed by atoms with E-state index in [4.69, 9.17) is 9.84 Å². The van der Waals surface area contributed by atoms with Crippen LogP contribution < -0.4 is 4.74 Å². The lowest BCUT2D eigenvalue weighted by atomic mass is 10.0. The highest BCUT2D eigenvalue weighted by Gasteiger charge is 2.18. The predicted molar refractivity (Wildman–Crippen MR) is 89.2 cm³/mol. The van der Waals surface area contributed by atoms with Gasteiger partial charge in [0.2, 0.25) is 0 Å². The zero-order valence-electron chi connectivity index (χ0n) is 13.7. The van der Waals surface area contributed by atoms with E-state index in [-0.39, 0.29) is 0 Å². The molecule has 0 saturated carbocycles. The lowest BCUT2D eigenvalue weighted by Gasteiger charge is -2.26. The highest BCUT2D eigenvalue weighted by molar-refractivity contribution is 5.65. The third-order valence-electron chi connectivity index (χ3n) is 4.88. The number of piperidine rings is 1. The molecule has 1 N–H and O–H groups in total. The first kappa shape index (κ1) is 16.1. The van der Waals surface area contributed by atoms with E-state index in [1.807, 2.05) is 6.07 Å². The van der Waals surface area contributed by atoms with Gasteiger partial charge in [-0.15, -0.1) is 0 Å². The lowest BCUT2D eigenvalue weighted by Crippen LogP contribution is -2.33. The van der Waals surface area contributed by atoms with Crippen molar-refractivity contribution in [1.29, 1.82) is 0 Å². The zero-order valence-corrected chi connectivity index (χ0v) is 13.7. The molecule has 1 aromatic rings. The number of ether oxygens (including phenoxy) is 1. The number of amides is 1. The fourth-order valence-corrected chi connectivity index (χ4v) is 3.46. The molecule has 1 saturated heterocycles. The monoisotopic (exact) mass is 318 g/mol. The number of likely N-dealkylation sites (tertiary alicyclic amines) is 1. The summed E-state index contributed by atoms with van der Waals surface area (Å²) >= 11 is 0. The first-order valence-electron chi connectivity index (χ1n) is 8.67. The van der Waals surface area contributed by atoms with E-state index in [2.05, 4.69) is 17.0 Å². The first-order valence-corrected chi connectivity index (χ1v) is 8.67. The number of carbonyl (C=O) groups is 1. The van der Waals surface area contributed by atoms with Gasteiger partial charge in [-0.2, -0.15) is 0 Å². The van der Waals surface area contributed by atoms with Crippen molar-refractivity contribution in [1.82, 2.24) is 9.80 Å². The third-order valence-corrected chi connectivity index (χ3v) is 4.88. The molecule has 5 nitrogen and oxygen atoms in total. The number of fused-ring (bicyclic) bond motifs is 1. The summed E-state index contributed by atoms with van der Waals surface area (Å²) in [7, 11) is 0. The van der Waals surface area contributed by atoms with Gasteiger partial charge in [-0.1, -0.05) is 12.5 Å². The van der Waals surface area contributed by atoms with E-state index in [0.717, 1.165) is 31.7 Å². The summed E-state index contributed by atoms with van der Waals surface area (Å²) in [6.45, 7) is 5.25. The minimum Gasteiger partial charge on any atom is -0.492 e. The Balaban J connectivity index is 1.53. The highest BCUT2D eigenvalue weighted by atomic mass is 16.5. The lowest BCUT2D eigenvalue weighted by molar-refractivity contribution is 0.147. The van der Waals surface area contributed by atoms with E-state index < -0.39 is 6.09 Å². The summed E-state index contributed by atoms with van der Waals surface area (Å²) < 4.78 is 5.92. The van der Waals surface area contributed by atoms with Crippen LogP contribution in [0.3, 0.4) is 0 Å². The first-order chi connectivity index (χ1) is 11.2. The number of hydrogen-bond acceptors (Lipinski definition) is 3. The van der Waals surface area contributed by atoms with Crippen LogP contribution in [0.25, 0.3) is 0 Å². The molecule has 2 heterocycles. The van der Waals surface area contributed by atoms with Crippen LogP contribution in [0.5, 0.6) is 5.75 Å². The summed E-state index contributed by atoms with van der Waals surface area (Å²) in [5, 5.41) is 9.13. The summed E-state index contributed by atoms with van der Waals surface area (Å²) in [4.78, 5) is 15.1. The number of hydrogen-bond donors (Lipinski definition) is 1. The van der Waals surface area contributed by atoms with Gasteiger partial charge in [0.1, 0.15) is 12.4 Å². The SMILES string of the molecule is O=C(O)N1CCc2ccc(OCCN3CCCCC3)cc2CC1. The van der Waals surface area contributed by atoms with Gasteiger partial charge >= 0.3 is 6.09 Å². The molecular weight excluding hydrogens is 292 g/mol. The van der Waals surface area contributed by atoms with Crippen LogP contribution in [0.4, 0.5) is 4.79 Å². The van der Waals surface area contributed by atoms with Crippen LogP contribution in [-0.4, -0.2) is 60.3 Å². The van der Waals surface area contributed by atoms with E-state index in [0.29, 0.717) is 13.1 Å². The second-order valence-corrected chi connectivity index (χ2v) is 6.45. The average Bonchev–Trinajstić information content (AvgIpc) is 2.78. The quantitative estimate of drug-likeness (QED) is 0.927. The Morgan fingerprint density at radius 1 is 1.04 bits per heavy atom. The number of nitrogens with zero attached hydrogens (tertiary/aromatic N) is 2. The second kappa shape index (κ2) is 7.68. The van der Waals surface area contributed by atoms with E-state index in [1.54, 1.807) is 0 Å². The standard InChI is InChI=1S/C18H26N2O3/c21-18(22)20-10-6-15-4-5-17(14-16(15)7-11-20)23-13-12-19-8-2-1-3-9-19/h4-5,14H,1-3,6-13H2,(H,21,22). The van der Waals surface area contributed by atoms with Crippen molar-refractivity contribution in [3.05, 3.63) is 29.3 Å². The molecule has 126 valence electrons. The summed E-state index contributed by atoms with van der Waals surface area (Å²) in [6.07, 6.45) is 4.70. The maximum absolute atomic E-state index is 11.1. The van der Waals surface area contributed by atoms with Crippen LogP contribution >= 0.6 is 0 Å². The molecule has 0 spiro atoms. The van der Waals surface area contributed by atoms with Gasteiger partial charge in [0.25, 0.3) is 0 Å². The molecule has 0 aliphatic carbocycles.